The van der Waals surface area contributed by atoms with Crippen LogP contribution in [0.2, 0.25) is 5.02 Å². The summed E-state index contributed by atoms with van der Waals surface area (Å²) >= 11 is 6.11. The first-order chi connectivity index (χ1) is 13.3. The molecule has 2 aromatic carbocycles. The smallest absolute Gasteiger partial charge is 0.238 e. The van der Waals surface area contributed by atoms with E-state index in [0.717, 1.165) is 12.8 Å². The molecule has 0 spiro atoms. The van der Waals surface area contributed by atoms with Crippen LogP contribution < -0.4 is 10.5 Å². The van der Waals surface area contributed by atoms with E-state index in [0.29, 0.717) is 39.6 Å². The zero-order valence-corrected chi connectivity index (χ0v) is 16.5. The van der Waals surface area contributed by atoms with Gasteiger partial charge in [-0.25, -0.2) is 13.6 Å². The number of nitrogens with two attached hydrogens (primary N) is 1. The fourth-order valence-electron chi connectivity index (χ4n) is 3.16. The minimum absolute atomic E-state index is 0.0555. The Hall–Kier alpha value is -2.42. The number of anilines is 1. The first-order valence-electron chi connectivity index (χ1n) is 8.87. The molecule has 1 saturated carbocycles. The number of primary sulfonamides is 1. The Morgan fingerprint density at radius 2 is 2.04 bits per heavy atom. The van der Waals surface area contributed by atoms with Crippen LogP contribution in [0.3, 0.4) is 0 Å². The Morgan fingerprint density at radius 3 is 2.71 bits per heavy atom. The van der Waals surface area contributed by atoms with Gasteiger partial charge in [0.1, 0.15) is 0 Å². The van der Waals surface area contributed by atoms with Gasteiger partial charge in [0.05, 0.1) is 23.0 Å². The molecule has 1 amide bonds. The lowest BCUT2D eigenvalue weighted by Crippen LogP contribution is -2.17. The number of nitrogens with zero attached hydrogens (tertiary/aromatic N) is 2. The third kappa shape index (κ3) is 4.04. The standard InChI is InChI=1S/C19H19ClN4O3S/c20-16-4-2-1-3-13(16)7-19(25)23-14-8-17-15(18(9-14)28(21,26)27)10-22-24(17)11-12-5-6-12/h1-4,8-10,12H,5-7,11H2,(H,23,25)(H2,21,26,27). The summed E-state index contributed by atoms with van der Waals surface area (Å²) in [5, 5.41) is 13.4. The van der Waals surface area contributed by atoms with Gasteiger partial charge >= 0.3 is 0 Å². The Morgan fingerprint density at radius 1 is 1.29 bits per heavy atom. The summed E-state index contributed by atoms with van der Waals surface area (Å²) in [5.74, 6) is 0.251. The summed E-state index contributed by atoms with van der Waals surface area (Å²) in [6.45, 7) is 0.713. The lowest BCUT2D eigenvalue weighted by Gasteiger charge is -2.10. The van der Waals surface area contributed by atoms with Crippen LogP contribution in [0.1, 0.15) is 18.4 Å². The molecule has 0 bridgehead atoms. The molecule has 1 aliphatic rings. The SMILES string of the molecule is NS(=O)(=O)c1cc(NC(=O)Cc2ccccc2Cl)cc2c1cnn2CC1CC1. The van der Waals surface area contributed by atoms with Gasteiger partial charge in [0.2, 0.25) is 15.9 Å². The van der Waals surface area contributed by atoms with Crippen molar-refractivity contribution in [3.8, 4) is 0 Å². The second kappa shape index (κ2) is 7.20. The summed E-state index contributed by atoms with van der Waals surface area (Å²) in [4.78, 5) is 12.4. The van der Waals surface area contributed by atoms with Crippen LogP contribution in [-0.4, -0.2) is 24.1 Å². The first kappa shape index (κ1) is 18.9. The molecule has 0 atom stereocenters. The number of rotatable bonds is 6. The number of benzene rings is 2. The molecular formula is C19H19ClN4O3S. The molecule has 146 valence electrons. The molecule has 4 rings (SSSR count). The molecule has 0 unspecified atom stereocenters. The van der Waals surface area contributed by atoms with E-state index in [-0.39, 0.29) is 17.2 Å². The number of sulfonamides is 1. The van der Waals surface area contributed by atoms with Crippen molar-refractivity contribution in [1.29, 1.82) is 0 Å². The average molecular weight is 419 g/mol. The van der Waals surface area contributed by atoms with E-state index in [4.69, 9.17) is 16.7 Å². The molecule has 1 heterocycles. The number of fused-ring (bicyclic) bond motifs is 1. The normalized spacial score (nSPS) is 14.4. The Balaban J connectivity index is 1.67. The van der Waals surface area contributed by atoms with Gasteiger partial charge in [-0.3, -0.25) is 9.48 Å². The summed E-state index contributed by atoms with van der Waals surface area (Å²) in [6, 6.07) is 10.2. The number of hydrogen-bond donors (Lipinski definition) is 2. The third-order valence-corrected chi connectivity index (χ3v) is 6.07. The minimum Gasteiger partial charge on any atom is -0.326 e. The van der Waals surface area contributed by atoms with E-state index in [1.54, 1.807) is 35.0 Å². The molecule has 1 fully saturated rings. The largest absolute Gasteiger partial charge is 0.326 e. The van der Waals surface area contributed by atoms with Crippen LogP contribution in [0.25, 0.3) is 10.9 Å². The summed E-state index contributed by atoms with van der Waals surface area (Å²) < 4.78 is 25.9. The summed E-state index contributed by atoms with van der Waals surface area (Å²) in [5.41, 5.74) is 1.67. The molecule has 0 aliphatic heterocycles. The highest BCUT2D eigenvalue weighted by atomic mass is 35.5. The number of hydrogen-bond acceptors (Lipinski definition) is 4. The molecule has 7 nitrogen and oxygen atoms in total. The van der Waals surface area contributed by atoms with E-state index in [2.05, 4.69) is 10.4 Å². The molecule has 0 saturated heterocycles. The van der Waals surface area contributed by atoms with Gasteiger partial charge in [-0.15, -0.1) is 0 Å². The van der Waals surface area contributed by atoms with Crippen molar-refractivity contribution in [2.24, 2.45) is 11.1 Å². The molecule has 1 aromatic heterocycles. The highest BCUT2D eigenvalue weighted by Crippen LogP contribution is 2.33. The van der Waals surface area contributed by atoms with E-state index >= 15 is 0 Å². The molecule has 0 radical (unpaired) electrons. The van der Waals surface area contributed by atoms with Crippen LogP contribution in [0, 0.1) is 5.92 Å². The van der Waals surface area contributed by atoms with Crippen LogP contribution in [0.5, 0.6) is 0 Å². The van der Waals surface area contributed by atoms with E-state index in [1.807, 2.05) is 0 Å². The van der Waals surface area contributed by atoms with Crippen LogP contribution >= 0.6 is 11.6 Å². The van der Waals surface area contributed by atoms with Gasteiger partial charge in [0, 0.05) is 22.6 Å². The van der Waals surface area contributed by atoms with E-state index < -0.39 is 10.0 Å². The maximum Gasteiger partial charge on any atom is 0.238 e. The van der Waals surface area contributed by atoms with Crippen molar-refractivity contribution in [2.75, 3.05) is 5.32 Å². The zero-order chi connectivity index (χ0) is 19.9. The van der Waals surface area contributed by atoms with Crippen molar-refractivity contribution in [3.63, 3.8) is 0 Å². The Kier molecular flexibility index (Phi) is 4.86. The fraction of sp³-hybridized carbons (Fsp3) is 0.263. The molecule has 28 heavy (non-hydrogen) atoms. The Bertz CT molecular complexity index is 1170. The summed E-state index contributed by atoms with van der Waals surface area (Å²) in [7, 11) is -3.98. The quantitative estimate of drug-likeness (QED) is 0.641. The molecule has 3 aromatic rings. The topological polar surface area (TPSA) is 107 Å². The number of nitrogens with one attached hydrogen (secondary N) is 1. The minimum atomic E-state index is -3.98. The van der Waals surface area contributed by atoms with Crippen molar-refractivity contribution >= 4 is 44.1 Å². The van der Waals surface area contributed by atoms with Gasteiger partial charge < -0.3 is 5.32 Å². The molecule has 1 aliphatic carbocycles. The monoisotopic (exact) mass is 418 g/mol. The van der Waals surface area contributed by atoms with Crippen molar-refractivity contribution in [2.45, 2.75) is 30.7 Å². The number of carbonyl (C=O) groups is 1. The Labute approximate surface area is 167 Å². The van der Waals surface area contributed by atoms with Crippen LogP contribution in [0.4, 0.5) is 5.69 Å². The molecule has 9 heteroatoms. The lowest BCUT2D eigenvalue weighted by molar-refractivity contribution is -0.115. The summed E-state index contributed by atoms with van der Waals surface area (Å²) in [6.07, 6.45) is 3.85. The van der Waals surface area contributed by atoms with Gasteiger partial charge in [0.25, 0.3) is 0 Å². The zero-order valence-electron chi connectivity index (χ0n) is 14.9. The lowest BCUT2D eigenvalue weighted by atomic mass is 10.1. The average Bonchev–Trinajstić information content (AvgIpc) is 3.35. The fourth-order valence-corrected chi connectivity index (χ4v) is 4.12. The molecular weight excluding hydrogens is 400 g/mol. The van der Waals surface area contributed by atoms with Crippen molar-refractivity contribution in [3.05, 3.63) is 53.2 Å². The highest BCUT2D eigenvalue weighted by molar-refractivity contribution is 7.89. The molecule has 3 N–H and O–H groups in total. The number of carbonyl (C=O) groups excluding carboxylic acids is 1. The predicted molar refractivity (Wildman–Crippen MR) is 108 cm³/mol. The maximum absolute atomic E-state index is 12.5. The number of amides is 1. The van der Waals surface area contributed by atoms with E-state index in [1.165, 1.54) is 12.3 Å². The number of aromatic nitrogens is 2. The van der Waals surface area contributed by atoms with Gasteiger partial charge in [-0.1, -0.05) is 29.8 Å². The second-order valence-electron chi connectivity index (χ2n) is 7.04. The van der Waals surface area contributed by atoms with Crippen molar-refractivity contribution < 1.29 is 13.2 Å². The van der Waals surface area contributed by atoms with Gasteiger partial charge in [-0.05, 0) is 42.5 Å². The third-order valence-electron chi connectivity index (χ3n) is 4.75. The van der Waals surface area contributed by atoms with Crippen LogP contribution in [-0.2, 0) is 27.8 Å². The van der Waals surface area contributed by atoms with Gasteiger partial charge in [-0.2, -0.15) is 5.10 Å². The van der Waals surface area contributed by atoms with E-state index in [9.17, 15) is 13.2 Å². The second-order valence-corrected chi connectivity index (χ2v) is 8.98. The first-order valence-corrected chi connectivity index (χ1v) is 10.8. The maximum atomic E-state index is 12.5. The van der Waals surface area contributed by atoms with Crippen LogP contribution in [0.15, 0.2) is 47.5 Å². The van der Waals surface area contributed by atoms with Crippen molar-refractivity contribution in [1.82, 2.24) is 9.78 Å². The number of halogens is 1. The predicted octanol–water partition coefficient (Wildman–Crippen LogP) is 2.93. The highest BCUT2D eigenvalue weighted by Gasteiger charge is 2.24. The van der Waals surface area contributed by atoms with Gasteiger partial charge in [0.15, 0.2) is 0 Å².